The van der Waals surface area contributed by atoms with E-state index >= 15 is 0 Å². The second-order valence-electron chi connectivity index (χ2n) is 4.25. The quantitative estimate of drug-likeness (QED) is 0.683. The average molecular weight is 326 g/mol. The topological polar surface area (TPSA) is 61.5 Å². The average Bonchev–Trinajstić information content (AvgIpc) is 2.48. The van der Waals surface area contributed by atoms with Crippen LogP contribution in [0.4, 0.5) is 5.69 Å². The summed E-state index contributed by atoms with van der Waals surface area (Å²) in [4.78, 5) is 12.0. The first kappa shape index (κ1) is 15.5. The van der Waals surface area contributed by atoms with Gasteiger partial charge in [-0.3, -0.25) is 0 Å². The summed E-state index contributed by atoms with van der Waals surface area (Å²) >= 11 is 11.7. The molecule has 0 unspecified atom stereocenters. The van der Waals surface area contributed by atoms with Crippen LogP contribution in [-0.4, -0.2) is 13.1 Å². The number of ether oxygens (including phenoxy) is 2. The SMILES string of the molecule is COc1cccc(C(=O)OCc2ccc(Cl)c(Cl)c2)c1N. The Hall–Kier alpha value is -1.91. The Morgan fingerprint density at radius 1 is 1.19 bits per heavy atom. The normalized spacial score (nSPS) is 10.2. The number of benzene rings is 2. The second kappa shape index (κ2) is 6.70. The number of anilines is 1. The van der Waals surface area contributed by atoms with Crippen molar-refractivity contribution in [2.45, 2.75) is 6.61 Å². The lowest BCUT2D eigenvalue weighted by atomic mass is 10.1. The van der Waals surface area contributed by atoms with E-state index in [4.69, 9.17) is 38.4 Å². The molecule has 0 fully saturated rings. The van der Waals surface area contributed by atoms with Crippen molar-refractivity contribution in [3.8, 4) is 5.75 Å². The molecule has 2 aromatic carbocycles. The number of nitrogen functional groups attached to an aromatic ring is 1. The lowest BCUT2D eigenvalue weighted by Crippen LogP contribution is -2.09. The van der Waals surface area contributed by atoms with Crippen LogP contribution in [0.1, 0.15) is 15.9 Å². The van der Waals surface area contributed by atoms with Gasteiger partial charge in [0.1, 0.15) is 12.4 Å². The number of hydrogen-bond acceptors (Lipinski definition) is 4. The fourth-order valence-electron chi connectivity index (χ4n) is 1.76. The van der Waals surface area contributed by atoms with Gasteiger partial charge < -0.3 is 15.2 Å². The van der Waals surface area contributed by atoms with Gasteiger partial charge in [0.15, 0.2) is 0 Å². The van der Waals surface area contributed by atoms with Crippen molar-refractivity contribution in [1.82, 2.24) is 0 Å². The highest BCUT2D eigenvalue weighted by Crippen LogP contribution is 2.26. The fraction of sp³-hybridized carbons (Fsp3) is 0.133. The molecule has 2 N–H and O–H groups in total. The van der Waals surface area contributed by atoms with Crippen LogP contribution in [0.5, 0.6) is 5.75 Å². The van der Waals surface area contributed by atoms with E-state index in [-0.39, 0.29) is 17.9 Å². The van der Waals surface area contributed by atoms with Crippen LogP contribution >= 0.6 is 23.2 Å². The van der Waals surface area contributed by atoms with Gasteiger partial charge in [-0.1, -0.05) is 35.3 Å². The van der Waals surface area contributed by atoms with Crippen molar-refractivity contribution < 1.29 is 14.3 Å². The van der Waals surface area contributed by atoms with Gasteiger partial charge in [0, 0.05) is 0 Å². The predicted molar refractivity (Wildman–Crippen MR) is 83.0 cm³/mol. The van der Waals surface area contributed by atoms with E-state index in [1.54, 1.807) is 36.4 Å². The minimum Gasteiger partial charge on any atom is -0.495 e. The monoisotopic (exact) mass is 325 g/mol. The van der Waals surface area contributed by atoms with E-state index in [0.717, 1.165) is 5.56 Å². The first-order chi connectivity index (χ1) is 10.0. The first-order valence-electron chi connectivity index (χ1n) is 6.06. The summed E-state index contributed by atoms with van der Waals surface area (Å²) in [5.74, 6) is -0.101. The Bertz CT molecular complexity index is 674. The Morgan fingerprint density at radius 2 is 1.95 bits per heavy atom. The van der Waals surface area contributed by atoms with Crippen LogP contribution < -0.4 is 10.5 Å². The summed E-state index contributed by atoms with van der Waals surface area (Å²) in [5.41, 5.74) is 7.09. The molecule has 0 atom stereocenters. The molecule has 0 aromatic heterocycles. The van der Waals surface area contributed by atoms with Gasteiger partial charge >= 0.3 is 5.97 Å². The van der Waals surface area contributed by atoms with Crippen LogP contribution in [0.2, 0.25) is 10.0 Å². The standard InChI is InChI=1S/C15H13Cl2NO3/c1-20-13-4-2-3-10(14(13)18)15(19)21-8-9-5-6-11(16)12(17)7-9/h2-7H,8,18H2,1H3. The Balaban J connectivity index is 2.10. The molecular weight excluding hydrogens is 313 g/mol. The smallest absolute Gasteiger partial charge is 0.340 e. The van der Waals surface area contributed by atoms with Gasteiger partial charge in [0.2, 0.25) is 0 Å². The summed E-state index contributed by atoms with van der Waals surface area (Å²) in [6.07, 6.45) is 0. The molecule has 0 spiro atoms. The van der Waals surface area contributed by atoms with Gasteiger partial charge in [-0.2, -0.15) is 0 Å². The third kappa shape index (κ3) is 3.60. The molecule has 0 saturated carbocycles. The van der Waals surface area contributed by atoms with Crippen LogP contribution in [0.3, 0.4) is 0 Å². The van der Waals surface area contributed by atoms with Crippen molar-refractivity contribution in [2.75, 3.05) is 12.8 Å². The molecule has 6 heteroatoms. The van der Waals surface area contributed by atoms with Gasteiger partial charge in [0.05, 0.1) is 28.4 Å². The summed E-state index contributed by atoms with van der Waals surface area (Å²) < 4.78 is 10.3. The molecule has 110 valence electrons. The highest BCUT2D eigenvalue weighted by molar-refractivity contribution is 6.42. The van der Waals surface area contributed by atoms with Crippen molar-refractivity contribution in [3.63, 3.8) is 0 Å². The number of nitrogens with two attached hydrogens (primary N) is 1. The maximum Gasteiger partial charge on any atom is 0.340 e. The fourth-order valence-corrected chi connectivity index (χ4v) is 2.08. The molecule has 4 nitrogen and oxygen atoms in total. The van der Waals surface area contributed by atoms with E-state index in [9.17, 15) is 4.79 Å². The predicted octanol–water partition coefficient (Wildman–Crippen LogP) is 3.94. The molecule has 0 aliphatic carbocycles. The molecule has 0 saturated heterocycles. The van der Waals surface area contributed by atoms with E-state index in [1.165, 1.54) is 7.11 Å². The summed E-state index contributed by atoms with van der Waals surface area (Å²) in [6.45, 7) is 0.0758. The number of carbonyl (C=O) groups is 1. The molecule has 0 aliphatic heterocycles. The molecule has 0 amide bonds. The van der Waals surface area contributed by atoms with Crippen molar-refractivity contribution in [3.05, 3.63) is 57.6 Å². The molecule has 0 aliphatic rings. The Morgan fingerprint density at radius 3 is 2.62 bits per heavy atom. The number of hydrogen-bond donors (Lipinski definition) is 1. The number of rotatable bonds is 4. The van der Waals surface area contributed by atoms with Crippen molar-refractivity contribution in [2.24, 2.45) is 0 Å². The molecule has 0 radical (unpaired) electrons. The lowest BCUT2D eigenvalue weighted by Gasteiger charge is -2.10. The van der Waals surface area contributed by atoms with Gasteiger partial charge in [0.25, 0.3) is 0 Å². The van der Waals surface area contributed by atoms with Gasteiger partial charge in [-0.15, -0.1) is 0 Å². The van der Waals surface area contributed by atoms with Crippen molar-refractivity contribution >= 4 is 34.9 Å². The highest BCUT2D eigenvalue weighted by Gasteiger charge is 2.14. The number of carbonyl (C=O) groups excluding carboxylic acids is 1. The largest absolute Gasteiger partial charge is 0.495 e. The third-order valence-corrected chi connectivity index (χ3v) is 3.60. The van der Waals surface area contributed by atoms with Crippen LogP contribution in [0, 0.1) is 0 Å². The zero-order valence-electron chi connectivity index (χ0n) is 11.2. The molecule has 2 aromatic rings. The van der Waals surface area contributed by atoms with E-state index in [0.29, 0.717) is 15.8 Å². The van der Waals surface area contributed by atoms with E-state index in [1.807, 2.05) is 0 Å². The van der Waals surface area contributed by atoms with E-state index in [2.05, 4.69) is 0 Å². The molecule has 21 heavy (non-hydrogen) atoms. The molecular formula is C15H13Cl2NO3. The second-order valence-corrected chi connectivity index (χ2v) is 5.06. The summed E-state index contributed by atoms with van der Waals surface area (Å²) in [5, 5.41) is 0.856. The number of para-hydroxylation sites is 1. The first-order valence-corrected chi connectivity index (χ1v) is 6.82. The molecule has 2 rings (SSSR count). The number of esters is 1. The third-order valence-electron chi connectivity index (χ3n) is 2.86. The van der Waals surface area contributed by atoms with Crippen LogP contribution in [0.25, 0.3) is 0 Å². The molecule has 0 bridgehead atoms. The Kier molecular flexibility index (Phi) is 4.94. The lowest BCUT2D eigenvalue weighted by molar-refractivity contribution is 0.0473. The van der Waals surface area contributed by atoms with Crippen molar-refractivity contribution in [1.29, 1.82) is 0 Å². The van der Waals surface area contributed by atoms with Crippen LogP contribution in [0.15, 0.2) is 36.4 Å². The minimum absolute atomic E-state index is 0.0758. The van der Waals surface area contributed by atoms with Crippen LogP contribution in [-0.2, 0) is 11.3 Å². The number of halogens is 2. The zero-order valence-corrected chi connectivity index (χ0v) is 12.7. The minimum atomic E-state index is -0.530. The van der Waals surface area contributed by atoms with E-state index < -0.39 is 5.97 Å². The summed E-state index contributed by atoms with van der Waals surface area (Å²) in [7, 11) is 1.48. The maximum absolute atomic E-state index is 12.0. The number of methoxy groups -OCH3 is 1. The summed E-state index contributed by atoms with van der Waals surface area (Å²) in [6, 6.07) is 9.94. The maximum atomic E-state index is 12.0. The molecule has 0 heterocycles. The van der Waals surface area contributed by atoms with Gasteiger partial charge in [-0.25, -0.2) is 4.79 Å². The zero-order chi connectivity index (χ0) is 15.4. The highest BCUT2D eigenvalue weighted by atomic mass is 35.5. The van der Waals surface area contributed by atoms with Gasteiger partial charge in [-0.05, 0) is 29.8 Å². The Labute approximate surface area is 132 Å².